The van der Waals surface area contributed by atoms with Gasteiger partial charge in [-0.05, 0) is 0 Å². The van der Waals surface area contributed by atoms with Gasteiger partial charge in [0, 0.05) is 12.3 Å². The Morgan fingerprint density at radius 1 is 1.88 bits per heavy atom. The molecule has 0 spiro atoms. The Balaban J connectivity index is 2.11. The van der Waals surface area contributed by atoms with E-state index in [1.54, 1.807) is 16.7 Å². The van der Waals surface area contributed by atoms with Crippen molar-refractivity contribution in [2.45, 2.75) is 5.56 Å². The van der Waals surface area contributed by atoms with E-state index in [0.29, 0.717) is 0 Å². The minimum atomic E-state index is -0.153. The van der Waals surface area contributed by atoms with Gasteiger partial charge in [-0.15, -0.1) is 0 Å². The van der Waals surface area contributed by atoms with Crippen LogP contribution in [-0.2, 0) is 4.74 Å². The first-order valence-electron chi connectivity index (χ1n) is 2.47. The average Bonchev–Trinajstić information content (AvgIpc) is 2.09. The van der Waals surface area contributed by atoms with E-state index in [1.165, 1.54) is 0 Å². The molecular formula is C4H5NO2S. The summed E-state index contributed by atoms with van der Waals surface area (Å²) in [5.41, 5.74) is 0.0718. The molecule has 0 aliphatic carbocycles. The number of fused-ring (bicyclic) bond motifs is 1. The zero-order chi connectivity index (χ0) is 5.56. The lowest BCUT2D eigenvalue weighted by Gasteiger charge is -2.32. The highest BCUT2D eigenvalue weighted by Crippen LogP contribution is 2.32. The third kappa shape index (κ3) is 0.386. The molecule has 0 radical (unpaired) electrons. The molecule has 1 unspecified atom stereocenters. The fourth-order valence-electron chi connectivity index (χ4n) is 0.827. The zero-order valence-electron chi connectivity index (χ0n) is 4.16. The maximum atomic E-state index is 10.4. The molecule has 0 bridgehead atoms. The molecule has 2 heterocycles. The van der Waals surface area contributed by atoms with Crippen molar-refractivity contribution in [1.82, 2.24) is 4.90 Å². The van der Waals surface area contributed by atoms with Crippen LogP contribution in [0.15, 0.2) is 0 Å². The molecule has 44 valence electrons. The Hall–Kier alpha value is -0.380. The summed E-state index contributed by atoms with van der Waals surface area (Å²) in [7, 11) is 0. The number of carbonyl (C=O) groups is 1. The summed E-state index contributed by atoms with van der Waals surface area (Å²) in [6, 6.07) is 0. The van der Waals surface area contributed by atoms with E-state index in [4.69, 9.17) is 4.74 Å². The van der Waals surface area contributed by atoms with Crippen molar-refractivity contribution < 1.29 is 9.53 Å². The van der Waals surface area contributed by atoms with Crippen LogP contribution in [0.1, 0.15) is 0 Å². The average molecular weight is 131 g/mol. The maximum absolute atomic E-state index is 10.4. The van der Waals surface area contributed by atoms with Gasteiger partial charge in [0.2, 0.25) is 5.56 Å². The lowest BCUT2D eigenvalue weighted by Crippen LogP contribution is -2.48. The summed E-state index contributed by atoms with van der Waals surface area (Å²) in [6.07, 6.45) is -0.153. The smallest absolute Gasteiger partial charge is 0.415 e. The molecule has 4 heteroatoms. The van der Waals surface area contributed by atoms with E-state index in [9.17, 15) is 4.79 Å². The van der Waals surface area contributed by atoms with Crippen molar-refractivity contribution >= 4 is 17.9 Å². The van der Waals surface area contributed by atoms with Crippen LogP contribution >= 0.6 is 11.8 Å². The van der Waals surface area contributed by atoms with Gasteiger partial charge in [0.15, 0.2) is 0 Å². The van der Waals surface area contributed by atoms with Crippen molar-refractivity contribution in [3.63, 3.8) is 0 Å². The molecule has 0 aromatic carbocycles. The molecule has 2 fully saturated rings. The number of thioether (sulfide) groups is 1. The third-order valence-corrected chi connectivity index (χ3v) is 2.34. The number of ether oxygens (including phenoxy) is 1. The summed E-state index contributed by atoms with van der Waals surface area (Å²) in [4.78, 5) is 12.1. The molecule has 0 aromatic heterocycles. The minimum absolute atomic E-state index is 0.0718. The molecule has 0 saturated carbocycles. The van der Waals surface area contributed by atoms with Crippen molar-refractivity contribution in [3.05, 3.63) is 0 Å². The molecule has 0 aromatic rings. The van der Waals surface area contributed by atoms with E-state index < -0.39 is 0 Å². The first-order chi connectivity index (χ1) is 3.88. The number of carbonyl (C=O) groups excluding carboxylic acids is 1. The van der Waals surface area contributed by atoms with E-state index in [1.807, 2.05) is 0 Å². The monoisotopic (exact) mass is 131 g/mol. The molecule has 2 saturated heterocycles. The number of amides is 1. The van der Waals surface area contributed by atoms with Gasteiger partial charge in [-0.1, -0.05) is 11.8 Å². The Labute approximate surface area is 51.0 Å². The molecule has 0 N–H and O–H groups in total. The van der Waals surface area contributed by atoms with Gasteiger partial charge in [0.05, 0.1) is 0 Å². The Morgan fingerprint density at radius 2 is 2.75 bits per heavy atom. The Kier molecular flexibility index (Phi) is 0.738. The van der Waals surface area contributed by atoms with Gasteiger partial charge in [-0.2, -0.15) is 0 Å². The first-order valence-corrected chi connectivity index (χ1v) is 3.52. The van der Waals surface area contributed by atoms with Crippen molar-refractivity contribution in [2.75, 3.05) is 12.3 Å². The quantitative estimate of drug-likeness (QED) is 0.478. The predicted molar refractivity (Wildman–Crippen MR) is 29.4 cm³/mol. The van der Waals surface area contributed by atoms with Gasteiger partial charge in [-0.25, -0.2) is 4.79 Å². The van der Waals surface area contributed by atoms with Crippen molar-refractivity contribution in [2.24, 2.45) is 0 Å². The van der Waals surface area contributed by atoms with Gasteiger partial charge in [-0.3, -0.25) is 4.90 Å². The van der Waals surface area contributed by atoms with Crippen LogP contribution in [0.2, 0.25) is 0 Å². The maximum Gasteiger partial charge on any atom is 0.415 e. The van der Waals surface area contributed by atoms with E-state index in [-0.39, 0.29) is 11.7 Å². The molecule has 1 amide bonds. The van der Waals surface area contributed by atoms with Crippen LogP contribution < -0.4 is 0 Å². The topological polar surface area (TPSA) is 29.5 Å². The summed E-state index contributed by atoms with van der Waals surface area (Å²) in [5, 5.41) is 0. The van der Waals surface area contributed by atoms with E-state index in [0.717, 1.165) is 12.3 Å². The van der Waals surface area contributed by atoms with Gasteiger partial charge in [0.25, 0.3) is 0 Å². The van der Waals surface area contributed by atoms with Gasteiger partial charge >= 0.3 is 6.09 Å². The summed E-state index contributed by atoms with van der Waals surface area (Å²) in [5.74, 6) is 1.02. The van der Waals surface area contributed by atoms with Crippen molar-refractivity contribution in [3.8, 4) is 0 Å². The van der Waals surface area contributed by atoms with E-state index in [2.05, 4.69) is 0 Å². The second-order valence-electron chi connectivity index (χ2n) is 1.75. The number of nitrogens with zero attached hydrogens (tertiary/aromatic N) is 1. The zero-order valence-corrected chi connectivity index (χ0v) is 4.98. The second kappa shape index (κ2) is 1.31. The highest BCUT2D eigenvalue weighted by molar-refractivity contribution is 8.00. The van der Waals surface area contributed by atoms with E-state index >= 15 is 0 Å². The highest BCUT2D eigenvalue weighted by Gasteiger charge is 2.42. The lowest BCUT2D eigenvalue weighted by molar-refractivity contribution is -0.0327. The fourth-order valence-corrected chi connectivity index (χ4v) is 1.85. The van der Waals surface area contributed by atoms with Gasteiger partial charge in [0.1, 0.15) is 0 Å². The second-order valence-corrected chi connectivity index (χ2v) is 2.90. The summed E-state index contributed by atoms with van der Waals surface area (Å²) >= 11 is 1.68. The Bertz CT molecular complexity index is 138. The molecular weight excluding hydrogens is 126 g/mol. The lowest BCUT2D eigenvalue weighted by atomic mass is 10.6. The summed E-state index contributed by atoms with van der Waals surface area (Å²) in [6.45, 7) is 0.869. The number of hydrogen-bond acceptors (Lipinski definition) is 3. The molecule has 3 nitrogen and oxygen atoms in total. The van der Waals surface area contributed by atoms with Crippen LogP contribution in [0.5, 0.6) is 0 Å². The van der Waals surface area contributed by atoms with Gasteiger partial charge < -0.3 is 4.74 Å². The van der Waals surface area contributed by atoms with Crippen LogP contribution in [0, 0.1) is 0 Å². The minimum Gasteiger partial charge on any atom is -0.415 e. The van der Waals surface area contributed by atoms with Crippen molar-refractivity contribution in [1.29, 1.82) is 0 Å². The Morgan fingerprint density at radius 3 is 3.25 bits per heavy atom. The molecule has 1 atom stereocenters. The largest absolute Gasteiger partial charge is 0.415 e. The van der Waals surface area contributed by atoms with Crippen LogP contribution in [0.4, 0.5) is 4.79 Å². The predicted octanol–water partition coefficient (Wildman–Crippen LogP) is 0.469. The number of rotatable bonds is 0. The van der Waals surface area contributed by atoms with Crippen LogP contribution in [0.3, 0.4) is 0 Å². The molecule has 2 aliphatic rings. The fraction of sp³-hybridized carbons (Fsp3) is 0.750. The molecule has 2 aliphatic heterocycles. The number of hydrogen-bond donors (Lipinski definition) is 0. The van der Waals surface area contributed by atoms with Crippen LogP contribution in [0.25, 0.3) is 0 Å². The molecule has 8 heavy (non-hydrogen) atoms. The SMILES string of the molecule is O=C1OC2SCCN12. The van der Waals surface area contributed by atoms with Crippen LogP contribution in [-0.4, -0.2) is 28.9 Å². The standard InChI is InChI=1S/C4H5NO2S/c6-3-5-1-2-8-4(5)7-3/h4H,1-2H2. The normalized spacial score (nSPS) is 33.8. The first kappa shape index (κ1) is 4.49. The highest BCUT2D eigenvalue weighted by atomic mass is 32.2. The summed E-state index contributed by atoms with van der Waals surface area (Å²) < 4.78 is 4.71. The molecule has 2 rings (SSSR count). The third-order valence-electron chi connectivity index (χ3n) is 1.28.